The number of hydrogen-bond acceptors (Lipinski definition) is 3. The molecule has 21 heavy (non-hydrogen) atoms. The lowest BCUT2D eigenvalue weighted by atomic mass is 10.1. The molecule has 0 saturated carbocycles. The average Bonchev–Trinajstić information content (AvgIpc) is 2.49. The van der Waals surface area contributed by atoms with Crippen molar-refractivity contribution in [3.05, 3.63) is 53.1 Å². The fourth-order valence-electron chi connectivity index (χ4n) is 1.90. The molecule has 0 unspecified atom stereocenters. The van der Waals surface area contributed by atoms with E-state index in [1.54, 1.807) is 25.3 Å². The highest BCUT2D eigenvalue weighted by Gasteiger charge is 2.06. The summed E-state index contributed by atoms with van der Waals surface area (Å²) in [7, 11) is 1.62. The van der Waals surface area contributed by atoms with E-state index in [9.17, 15) is 4.79 Å². The zero-order valence-electron chi connectivity index (χ0n) is 11.7. The van der Waals surface area contributed by atoms with Gasteiger partial charge in [-0.3, -0.25) is 4.79 Å². The number of nitrogens with two attached hydrogens (primary N) is 1. The highest BCUT2D eigenvalue weighted by molar-refractivity contribution is 6.31. The van der Waals surface area contributed by atoms with E-state index in [1.807, 2.05) is 24.3 Å². The molecule has 0 radical (unpaired) electrons. The van der Waals surface area contributed by atoms with E-state index in [0.29, 0.717) is 29.2 Å². The average molecular weight is 305 g/mol. The molecule has 1 amide bonds. The Morgan fingerprint density at radius 2 is 1.95 bits per heavy atom. The van der Waals surface area contributed by atoms with Gasteiger partial charge in [-0.25, -0.2) is 0 Å². The number of anilines is 2. The lowest BCUT2D eigenvalue weighted by Gasteiger charge is -2.09. The minimum absolute atomic E-state index is 0.0974. The molecule has 5 heteroatoms. The molecule has 2 aromatic rings. The zero-order valence-corrected chi connectivity index (χ0v) is 12.5. The lowest BCUT2D eigenvalue weighted by Crippen LogP contribution is -2.13. The van der Waals surface area contributed by atoms with Gasteiger partial charge in [0.15, 0.2) is 0 Å². The molecule has 0 saturated heterocycles. The first-order chi connectivity index (χ1) is 10.1. The molecule has 4 nitrogen and oxygen atoms in total. The number of nitrogen functional groups attached to an aromatic ring is 1. The Labute approximate surface area is 128 Å². The van der Waals surface area contributed by atoms with Gasteiger partial charge in [-0.15, -0.1) is 0 Å². The van der Waals surface area contributed by atoms with Gasteiger partial charge in [-0.2, -0.15) is 0 Å². The van der Waals surface area contributed by atoms with Crippen molar-refractivity contribution in [3.8, 4) is 5.75 Å². The van der Waals surface area contributed by atoms with E-state index >= 15 is 0 Å². The maximum absolute atomic E-state index is 11.9. The van der Waals surface area contributed by atoms with E-state index in [1.165, 1.54) is 0 Å². The van der Waals surface area contributed by atoms with E-state index in [4.69, 9.17) is 22.1 Å². The number of carbonyl (C=O) groups excluding carboxylic acids is 1. The van der Waals surface area contributed by atoms with Crippen LogP contribution < -0.4 is 15.8 Å². The first-order valence-electron chi connectivity index (χ1n) is 6.56. The Kier molecular flexibility index (Phi) is 5.06. The van der Waals surface area contributed by atoms with Gasteiger partial charge in [0, 0.05) is 11.4 Å². The maximum Gasteiger partial charge on any atom is 0.224 e. The van der Waals surface area contributed by atoms with Crippen LogP contribution in [0.4, 0.5) is 11.4 Å². The van der Waals surface area contributed by atoms with Crippen molar-refractivity contribution in [2.24, 2.45) is 0 Å². The van der Waals surface area contributed by atoms with Crippen LogP contribution >= 0.6 is 11.6 Å². The van der Waals surface area contributed by atoms with Gasteiger partial charge >= 0.3 is 0 Å². The number of methoxy groups -OCH3 is 1. The monoisotopic (exact) mass is 304 g/mol. The number of halogens is 1. The number of carbonyl (C=O) groups is 1. The van der Waals surface area contributed by atoms with Crippen LogP contribution in [-0.2, 0) is 11.2 Å². The van der Waals surface area contributed by atoms with Crippen molar-refractivity contribution in [2.45, 2.75) is 12.8 Å². The van der Waals surface area contributed by atoms with Crippen LogP contribution in [0.1, 0.15) is 12.0 Å². The van der Waals surface area contributed by atoms with Crippen LogP contribution in [0.5, 0.6) is 5.75 Å². The molecule has 3 N–H and O–H groups in total. The number of aryl methyl sites for hydroxylation is 1. The van der Waals surface area contributed by atoms with Crippen LogP contribution in [0, 0.1) is 0 Å². The molecule has 0 spiro atoms. The molecule has 0 atom stereocenters. The standard InChI is InChI=1S/C16H17ClN2O2/c1-21-13-6-2-11(3-7-13)4-9-16(20)19-15-10-12(17)5-8-14(15)18/h2-3,5-8,10H,4,9,18H2,1H3,(H,19,20). The molecule has 2 aromatic carbocycles. The van der Waals surface area contributed by atoms with E-state index in [0.717, 1.165) is 11.3 Å². The summed E-state index contributed by atoms with van der Waals surface area (Å²) >= 11 is 5.88. The number of rotatable bonds is 5. The topological polar surface area (TPSA) is 64.3 Å². The van der Waals surface area contributed by atoms with Crippen molar-refractivity contribution >= 4 is 28.9 Å². The Morgan fingerprint density at radius 1 is 1.24 bits per heavy atom. The molecule has 0 bridgehead atoms. The van der Waals surface area contributed by atoms with Gasteiger partial charge < -0.3 is 15.8 Å². The number of hydrogen-bond donors (Lipinski definition) is 2. The van der Waals surface area contributed by atoms with Crippen molar-refractivity contribution in [3.63, 3.8) is 0 Å². The predicted molar refractivity (Wildman–Crippen MR) is 85.8 cm³/mol. The van der Waals surface area contributed by atoms with Crippen LogP contribution in [0.25, 0.3) is 0 Å². The Balaban J connectivity index is 1.91. The second-order valence-corrected chi connectivity index (χ2v) is 5.06. The normalized spacial score (nSPS) is 10.2. The minimum Gasteiger partial charge on any atom is -0.497 e. The molecule has 0 aliphatic carbocycles. The number of amides is 1. The summed E-state index contributed by atoms with van der Waals surface area (Å²) in [5.41, 5.74) is 7.90. The van der Waals surface area contributed by atoms with Gasteiger partial charge in [0.2, 0.25) is 5.91 Å². The highest BCUT2D eigenvalue weighted by Crippen LogP contribution is 2.23. The summed E-state index contributed by atoms with van der Waals surface area (Å²) in [5, 5.41) is 3.31. The fraction of sp³-hybridized carbons (Fsp3) is 0.188. The van der Waals surface area contributed by atoms with Gasteiger partial charge in [0.05, 0.1) is 18.5 Å². The molecule has 0 fully saturated rings. The number of nitrogens with one attached hydrogen (secondary N) is 1. The summed E-state index contributed by atoms with van der Waals surface area (Å²) in [6.45, 7) is 0. The Bertz CT molecular complexity index is 627. The van der Waals surface area contributed by atoms with E-state index < -0.39 is 0 Å². The molecule has 0 heterocycles. The minimum atomic E-state index is -0.0974. The summed E-state index contributed by atoms with van der Waals surface area (Å²) in [6, 6.07) is 12.6. The molecule has 2 rings (SSSR count). The molecule has 110 valence electrons. The smallest absolute Gasteiger partial charge is 0.224 e. The largest absolute Gasteiger partial charge is 0.497 e. The maximum atomic E-state index is 11.9. The van der Waals surface area contributed by atoms with Crippen LogP contribution in [0.2, 0.25) is 5.02 Å². The Hall–Kier alpha value is -2.20. The SMILES string of the molecule is COc1ccc(CCC(=O)Nc2cc(Cl)ccc2N)cc1. The van der Waals surface area contributed by atoms with Crippen molar-refractivity contribution in [1.29, 1.82) is 0 Å². The Morgan fingerprint density at radius 3 is 2.62 bits per heavy atom. The quantitative estimate of drug-likeness (QED) is 0.831. The van der Waals surface area contributed by atoms with Gasteiger partial charge in [-0.1, -0.05) is 23.7 Å². The summed E-state index contributed by atoms with van der Waals surface area (Å²) < 4.78 is 5.09. The van der Waals surface area contributed by atoms with E-state index in [-0.39, 0.29) is 5.91 Å². The van der Waals surface area contributed by atoms with E-state index in [2.05, 4.69) is 5.32 Å². The van der Waals surface area contributed by atoms with Gasteiger partial charge in [0.1, 0.15) is 5.75 Å². The third kappa shape index (κ3) is 4.39. The van der Waals surface area contributed by atoms with Crippen LogP contribution in [-0.4, -0.2) is 13.0 Å². The predicted octanol–water partition coefficient (Wildman–Crippen LogP) is 3.50. The van der Waals surface area contributed by atoms with Crippen molar-refractivity contribution < 1.29 is 9.53 Å². The molecule has 0 aliphatic heterocycles. The molecule has 0 aliphatic rings. The number of benzene rings is 2. The fourth-order valence-corrected chi connectivity index (χ4v) is 2.07. The van der Waals surface area contributed by atoms with Crippen molar-refractivity contribution in [1.82, 2.24) is 0 Å². The first-order valence-corrected chi connectivity index (χ1v) is 6.94. The van der Waals surface area contributed by atoms with Gasteiger partial charge in [-0.05, 0) is 42.3 Å². The highest BCUT2D eigenvalue weighted by atomic mass is 35.5. The zero-order chi connectivity index (χ0) is 15.2. The van der Waals surface area contributed by atoms with Crippen LogP contribution in [0.3, 0.4) is 0 Å². The lowest BCUT2D eigenvalue weighted by molar-refractivity contribution is -0.116. The van der Waals surface area contributed by atoms with Crippen molar-refractivity contribution in [2.75, 3.05) is 18.2 Å². The second kappa shape index (κ2) is 6.99. The number of ether oxygens (including phenoxy) is 1. The summed E-state index contributed by atoms with van der Waals surface area (Å²) in [5.74, 6) is 0.703. The van der Waals surface area contributed by atoms with Crippen LogP contribution in [0.15, 0.2) is 42.5 Å². The third-order valence-corrected chi connectivity index (χ3v) is 3.32. The molecular weight excluding hydrogens is 288 g/mol. The molecular formula is C16H17ClN2O2. The van der Waals surface area contributed by atoms with Gasteiger partial charge in [0.25, 0.3) is 0 Å². The summed E-state index contributed by atoms with van der Waals surface area (Å²) in [6.07, 6.45) is 1.02. The third-order valence-electron chi connectivity index (χ3n) is 3.09. The summed E-state index contributed by atoms with van der Waals surface area (Å²) in [4.78, 5) is 11.9. The molecule has 0 aromatic heterocycles. The first kappa shape index (κ1) is 15.2. The second-order valence-electron chi connectivity index (χ2n) is 4.63.